The van der Waals surface area contributed by atoms with Gasteiger partial charge in [0.15, 0.2) is 0 Å². The third kappa shape index (κ3) is 9.46. The first kappa shape index (κ1) is 30.3. The summed E-state index contributed by atoms with van der Waals surface area (Å²) in [5.41, 5.74) is 0. The Kier molecular flexibility index (Phi) is 17.3. The minimum atomic E-state index is -2.35. The molecule has 0 unspecified atom stereocenters. The van der Waals surface area contributed by atoms with Crippen LogP contribution in [0.15, 0.2) is 10.8 Å². The van der Waals surface area contributed by atoms with Crippen molar-refractivity contribution in [2.45, 2.75) is 145 Å². The number of rotatable bonds is 20. The average molecular weight is 662 g/mol. The molecule has 1 aromatic heterocycles. The van der Waals surface area contributed by atoms with Gasteiger partial charge in [-0.15, -0.1) is 0 Å². The summed E-state index contributed by atoms with van der Waals surface area (Å²) in [6.07, 6.45) is 17.4. The first-order chi connectivity index (χ1) is 15.1. The van der Waals surface area contributed by atoms with Crippen molar-refractivity contribution in [2.75, 3.05) is 0 Å². The summed E-state index contributed by atoms with van der Waals surface area (Å²) >= 11 is -2.57. The fraction of sp³-hybridized carbons (Fsp3) is 0.857. The fourth-order valence-corrected chi connectivity index (χ4v) is 53.3. The molecule has 0 radical (unpaired) electrons. The van der Waals surface area contributed by atoms with Gasteiger partial charge in [-0.05, 0) is 0 Å². The molecule has 0 aliphatic carbocycles. The summed E-state index contributed by atoms with van der Waals surface area (Å²) in [5.74, 6) is 0. The summed E-state index contributed by atoms with van der Waals surface area (Å²) in [5, 5.41) is 5.53. The van der Waals surface area contributed by atoms with E-state index in [2.05, 4.69) is 70.8 Å². The second-order valence-corrected chi connectivity index (χ2v) is 37.4. The van der Waals surface area contributed by atoms with Crippen LogP contribution in [-0.4, -0.2) is 36.8 Å². The van der Waals surface area contributed by atoms with Gasteiger partial charge >= 0.3 is 211 Å². The maximum absolute atomic E-state index is 2.77. The Bertz CT molecular complexity index is 461. The molecule has 1 rings (SSSR count). The van der Waals surface area contributed by atoms with Crippen LogP contribution in [0.5, 0.6) is 0 Å². The van der Waals surface area contributed by atoms with Crippen LogP contribution in [0.4, 0.5) is 0 Å². The molecule has 0 aromatic carbocycles. The van der Waals surface area contributed by atoms with Crippen molar-refractivity contribution in [3.63, 3.8) is 0 Å². The van der Waals surface area contributed by atoms with Crippen molar-refractivity contribution in [2.24, 2.45) is 0 Å². The molecule has 0 aliphatic rings. The van der Waals surface area contributed by atoms with Crippen molar-refractivity contribution in [1.29, 1.82) is 0 Å². The summed E-state index contributed by atoms with van der Waals surface area (Å²) in [4.78, 5) is 0. The molecule has 1 aromatic rings. The van der Waals surface area contributed by atoms with E-state index in [1.54, 1.807) is 26.6 Å². The first-order valence-electron chi connectivity index (χ1n) is 14.2. The van der Waals surface area contributed by atoms with Crippen LogP contribution in [0.1, 0.15) is 119 Å². The van der Waals surface area contributed by atoms with E-state index in [0.29, 0.717) is 0 Å². The zero-order chi connectivity index (χ0) is 23.0. The van der Waals surface area contributed by atoms with Crippen molar-refractivity contribution in [3.05, 3.63) is 10.8 Å². The van der Waals surface area contributed by atoms with Gasteiger partial charge in [0.2, 0.25) is 0 Å². The molecule has 0 amide bonds. The van der Waals surface area contributed by atoms with Crippen molar-refractivity contribution in [3.8, 4) is 0 Å². The number of unbranched alkanes of at least 4 members (excludes halogenated alkanes) is 6. The quantitative estimate of drug-likeness (QED) is 0.122. The Hall–Kier alpha value is 1.30. The Morgan fingerprint density at radius 1 is 0.452 bits per heavy atom. The third-order valence-electron chi connectivity index (χ3n) is 7.86. The van der Waals surface area contributed by atoms with E-state index in [-0.39, 0.29) is 0 Å². The Labute approximate surface area is 209 Å². The van der Waals surface area contributed by atoms with Crippen LogP contribution in [0.25, 0.3) is 0 Å². The molecule has 0 bridgehead atoms. The molecule has 0 saturated heterocycles. The third-order valence-corrected chi connectivity index (χ3v) is 43.2. The second kappa shape index (κ2) is 17.7. The number of thiophene rings is 1. The summed E-state index contributed by atoms with van der Waals surface area (Å²) < 4.78 is 14.1. The normalized spacial score (nSPS) is 12.6. The molecule has 0 atom stereocenters. The van der Waals surface area contributed by atoms with Gasteiger partial charge in [-0.2, -0.15) is 0 Å². The van der Waals surface area contributed by atoms with Gasteiger partial charge in [0.25, 0.3) is 0 Å². The van der Waals surface area contributed by atoms with Crippen LogP contribution >= 0.6 is 11.3 Å². The molecule has 31 heavy (non-hydrogen) atoms. The summed E-state index contributed by atoms with van der Waals surface area (Å²) in [6, 6.07) is 0. The molecule has 0 spiro atoms. The van der Waals surface area contributed by atoms with Gasteiger partial charge in [-0.1, -0.05) is 0 Å². The first-order valence-corrected chi connectivity index (χ1v) is 30.1. The summed E-state index contributed by atoms with van der Waals surface area (Å²) in [7, 11) is 0. The minimum absolute atomic E-state index is 1.40. The average Bonchev–Trinajstić information content (AvgIpc) is 3.30. The van der Waals surface area contributed by atoms with Crippen LogP contribution < -0.4 is 7.16 Å². The molecule has 0 fully saturated rings. The maximum atomic E-state index is 2.77. The number of hydrogen-bond acceptors (Lipinski definition) is 1. The van der Waals surface area contributed by atoms with Crippen LogP contribution in [0.2, 0.25) is 26.6 Å². The number of hydrogen-bond donors (Lipinski definition) is 0. The van der Waals surface area contributed by atoms with Gasteiger partial charge in [-0.25, -0.2) is 0 Å². The predicted octanol–water partition coefficient (Wildman–Crippen LogP) is 9.86. The van der Waals surface area contributed by atoms with Gasteiger partial charge in [0.1, 0.15) is 0 Å². The monoisotopic (exact) mass is 664 g/mol. The van der Waals surface area contributed by atoms with Gasteiger partial charge in [-0.3, -0.25) is 0 Å². The Morgan fingerprint density at radius 2 is 0.677 bits per heavy atom. The van der Waals surface area contributed by atoms with Crippen LogP contribution in [0.3, 0.4) is 0 Å². The molecular weight excluding hydrogens is 606 g/mol. The molecular formula is C28H56SSn2. The standard InChI is InChI=1S/C4H2S.6C4H9.2Sn/c1-2-4-5-3-1;6*1-3-4-2;;/h3-4H;6*1,3-4H2,2H3;;. The van der Waals surface area contributed by atoms with E-state index in [9.17, 15) is 0 Å². The van der Waals surface area contributed by atoms with E-state index < -0.39 is 36.8 Å². The van der Waals surface area contributed by atoms with E-state index in [0.717, 1.165) is 0 Å². The molecule has 0 N–H and O–H groups in total. The van der Waals surface area contributed by atoms with E-state index in [1.165, 1.54) is 77.0 Å². The van der Waals surface area contributed by atoms with E-state index >= 15 is 0 Å². The van der Waals surface area contributed by atoms with Crippen LogP contribution in [0, 0.1) is 0 Å². The molecule has 1 heterocycles. The Balaban J connectivity index is 3.54. The summed E-state index contributed by atoms with van der Waals surface area (Å²) in [6.45, 7) is 14.6. The van der Waals surface area contributed by atoms with Gasteiger partial charge < -0.3 is 0 Å². The van der Waals surface area contributed by atoms with Gasteiger partial charge in [0, 0.05) is 0 Å². The SMILES string of the molecule is CCC[CH2][Sn]([CH2]CCC)([CH2]CCC)[c]1csc[c]1[Sn]([CH2]CCC)([CH2]CCC)[CH2]CCC. The molecule has 0 saturated carbocycles. The van der Waals surface area contributed by atoms with Crippen molar-refractivity contribution < 1.29 is 0 Å². The zero-order valence-corrected chi connectivity index (χ0v) is 28.8. The van der Waals surface area contributed by atoms with Crippen molar-refractivity contribution >= 4 is 55.2 Å². The predicted molar refractivity (Wildman–Crippen MR) is 153 cm³/mol. The molecule has 0 aliphatic heterocycles. The van der Waals surface area contributed by atoms with Crippen LogP contribution in [-0.2, 0) is 0 Å². The second-order valence-electron chi connectivity index (χ2n) is 10.4. The van der Waals surface area contributed by atoms with E-state index in [1.807, 2.05) is 0 Å². The topological polar surface area (TPSA) is 0 Å². The molecule has 0 nitrogen and oxygen atoms in total. The van der Waals surface area contributed by atoms with Gasteiger partial charge in [0.05, 0.1) is 0 Å². The molecule has 3 heteroatoms. The molecule has 182 valence electrons. The van der Waals surface area contributed by atoms with E-state index in [4.69, 9.17) is 0 Å². The van der Waals surface area contributed by atoms with Crippen molar-refractivity contribution in [1.82, 2.24) is 0 Å². The fourth-order valence-electron chi connectivity index (χ4n) is 5.77. The Morgan fingerprint density at radius 3 is 0.871 bits per heavy atom. The zero-order valence-electron chi connectivity index (χ0n) is 22.3.